The van der Waals surface area contributed by atoms with E-state index in [4.69, 9.17) is 0 Å². The van der Waals surface area contributed by atoms with E-state index in [9.17, 15) is 26.4 Å². The summed E-state index contributed by atoms with van der Waals surface area (Å²) in [6, 6.07) is 9.27. The fourth-order valence-corrected chi connectivity index (χ4v) is 3.54. The minimum Gasteiger partial charge on any atom is -0.339 e. The van der Waals surface area contributed by atoms with Crippen molar-refractivity contribution in [1.82, 2.24) is 4.90 Å². The Kier molecular flexibility index (Phi) is 5.87. The first-order valence-corrected chi connectivity index (χ1v) is 9.48. The van der Waals surface area contributed by atoms with Crippen molar-refractivity contribution in [2.24, 2.45) is 0 Å². The van der Waals surface area contributed by atoms with Crippen LogP contribution in [0.4, 0.5) is 23.7 Å². The number of halogens is 3. The Morgan fingerprint density at radius 3 is 2.00 bits per heavy atom. The molecule has 1 N–H and O–H groups in total. The van der Waals surface area contributed by atoms with Gasteiger partial charge in [0, 0.05) is 24.7 Å². The Balaban J connectivity index is 2.13. The van der Waals surface area contributed by atoms with E-state index in [-0.39, 0.29) is 15.8 Å². The second-order valence-corrected chi connectivity index (χ2v) is 8.12. The van der Waals surface area contributed by atoms with Crippen molar-refractivity contribution in [3.05, 3.63) is 54.1 Å². The molecular formula is C16H15F3N2O3S2. The van der Waals surface area contributed by atoms with Gasteiger partial charge in [-0.1, -0.05) is 0 Å². The van der Waals surface area contributed by atoms with Crippen LogP contribution < -0.4 is 4.72 Å². The molecule has 0 atom stereocenters. The number of rotatable bonds is 4. The maximum Gasteiger partial charge on any atom is 0.416 e. The highest BCUT2D eigenvalue weighted by Gasteiger charge is 2.30. The van der Waals surface area contributed by atoms with Gasteiger partial charge in [-0.25, -0.2) is 8.42 Å². The third-order valence-electron chi connectivity index (χ3n) is 3.17. The van der Waals surface area contributed by atoms with E-state index in [0.717, 1.165) is 23.9 Å². The van der Waals surface area contributed by atoms with Crippen LogP contribution in [0.25, 0.3) is 0 Å². The third kappa shape index (κ3) is 5.15. The molecule has 0 aliphatic heterocycles. The van der Waals surface area contributed by atoms with Gasteiger partial charge in [0.2, 0.25) is 0 Å². The van der Waals surface area contributed by atoms with E-state index in [2.05, 4.69) is 4.72 Å². The zero-order valence-electron chi connectivity index (χ0n) is 13.7. The number of amides is 1. The molecular weight excluding hydrogens is 389 g/mol. The summed E-state index contributed by atoms with van der Waals surface area (Å²) in [6.07, 6.45) is -4.53. The van der Waals surface area contributed by atoms with E-state index >= 15 is 0 Å². The molecule has 0 fully saturated rings. The van der Waals surface area contributed by atoms with Crippen molar-refractivity contribution >= 4 is 32.7 Å². The lowest BCUT2D eigenvalue weighted by Gasteiger charge is -2.11. The molecule has 10 heteroatoms. The molecule has 0 saturated heterocycles. The summed E-state index contributed by atoms with van der Waals surface area (Å²) < 4.78 is 64.4. The number of alkyl halides is 3. The standard InChI is InChI=1S/C16H15F3N2O3S2/c1-21(2)15(22)25-13-7-5-12(6-8-13)20-26(23,24)14-9-3-11(4-10-14)16(17,18)19/h3-10,20H,1-2H3. The van der Waals surface area contributed by atoms with E-state index in [1.165, 1.54) is 17.0 Å². The van der Waals surface area contributed by atoms with Crippen LogP contribution in [0, 0.1) is 0 Å². The summed E-state index contributed by atoms with van der Waals surface area (Å²) in [5.41, 5.74) is -0.699. The van der Waals surface area contributed by atoms with Crippen LogP contribution in [-0.2, 0) is 16.2 Å². The summed E-state index contributed by atoms with van der Waals surface area (Å²) in [7, 11) is -0.798. The summed E-state index contributed by atoms with van der Waals surface area (Å²) >= 11 is 0.982. The van der Waals surface area contributed by atoms with Gasteiger partial charge in [0.05, 0.1) is 10.5 Å². The molecule has 0 radical (unpaired) electrons. The molecule has 0 saturated carbocycles. The highest BCUT2D eigenvalue weighted by atomic mass is 32.2. The molecule has 1 amide bonds. The molecule has 2 aromatic rings. The van der Waals surface area contributed by atoms with E-state index < -0.39 is 21.8 Å². The smallest absolute Gasteiger partial charge is 0.339 e. The number of carbonyl (C=O) groups is 1. The van der Waals surface area contributed by atoms with Crippen molar-refractivity contribution in [1.29, 1.82) is 0 Å². The van der Waals surface area contributed by atoms with Gasteiger partial charge in [-0.15, -0.1) is 0 Å². The number of hydrogen-bond acceptors (Lipinski definition) is 4. The van der Waals surface area contributed by atoms with Gasteiger partial charge in [-0.3, -0.25) is 9.52 Å². The molecule has 140 valence electrons. The van der Waals surface area contributed by atoms with Gasteiger partial charge < -0.3 is 4.90 Å². The molecule has 0 bridgehead atoms. The van der Waals surface area contributed by atoms with E-state index in [0.29, 0.717) is 17.0 Å². The van der Waals surface area contributed by atoms with Crippen LogP contribution >= 0.6 is 11.8 Å². The first-order valence-electron chi connectivity index (χ1n) is 7.18. The average Bonchev–Trinajstić information content (AvgIpc) is 2.55. The molecule has 0 unspecified atom stereocenters. The lowest BCUT2D eigenvalue weighted by atomic mass is 10.2. The highest BCUT2D eigenvalue weighted by Crippen LogP contribution is 2.30. The number of sulfonamides is 1. The second kappa shape index (κ2) is 7.58. The fraction of sp³-hybridized carbons (Fsp3) is 0.188. The zero-order valence-corrected chi connectivity index (χ0v) is 15.4. The van der Waals surface area contributed by atoms with Crippen molar-refractivity contribution in [3.8, 4) is 0 Å². The van der Waals surface area contributed by atoms with Crippen molar-refractivity contribution in [2.45, 2.75) is 16.0 Å². The summed E-state index contributed by atoms with van der Waals surface area (Å²) in [4.78, 5) is 13.4. The lowest BCUT2D eigenvalue weighted by Crippen LogP contribution is -2.16. The van der Waals surface area contributed by atoms with Crippen LogP contribution in [-0.4, -0.2) is 32.7 Å². The topological polar surface area (TPSA) is 66.5 Å². The number of anilines is 1. The molecule has 26 heavy (non-hydrogen) atoms. The first kappa shape index (κ1) is 20.1. The van der Waals surface area contributed by atoms with Gasteiger partial charge >= 0.3 is 6.18 Å². The van der Waals surface area contributed by atoms with Crippen LogP contribution in [0.1, 0.15) is 5.56 Å². The first-order chi connectivity index (χ1) is 12.0. The number of thioether (sulfide) groups is 1. The molecule has 0 heterocycles. The largest absolute Gasteiger partial charge is 0.416 e. The molecule has 0 aromatic heterocycles. The van der Waals surface area contributed by atoms with Crippen molar-refractivity contribution in [2.75, 3.05) is 18.8 Å². The van der Waals surface area contributed by atoms with Crippen molar-refractivity contribution < 1.29 is 26.4 Å². The molecule has 0 aliphatic carbocycles. The summed E-state index contributed by atoms with van der Waals surface area (Å²) in [5, 5.41) is -0.178. The van der Waals surface area contributed by atoms with Crippen LogP contribution in [0.3, 0.4) is 0 Å². The second-order valence-electron chi connectivity index (χ2n) is 5.41. The molecule has 0 aliphatic rings. The van der Waals surface area contributed by atoms with Gasteiger partial charge in [0.1, 0.15) is 0 Å². The van der Waals surface area contributed by atoms with Crippen LogP contribution in [0.5, 0.6) is 0 Å². The Labute approximate surface area is 153 Å². The molecule has 0 spiro atoms. The quantitative estimate of drug-likeness (QED) is 0.773. The van der Waals surface area contributed by atoms with Gasteiger partial charge in [0.15, 0.2) is 0 Å². The third-order valence-corrected chi connectivity index (χ3v) is 5.61. The predicted octanol–water partition coefficient (Wildman–Crippen LogP) is 4.28. The van der Waals surface area contributed by atoms with Crippen LogP contribution in [0.2, 0.25) is 0 Å². The maximum atomic E-state index is 12.5. The Bertz CT molecular complexity index is 878. The predicted molar refractivity (Wildman–Crippen MR) is 93.6 cm³/mol. The lowest BCUT2D eigenvalue weighted by molar-refractivity contribution is -0.137. The molecule has 2 aromatic carbocycles. The van der Waals surface area contributed by atoms with E-state index in [1.807, 2.05) is 0 Å². The average molecular weight is 404 g/mol. The normalized spacial score (nSPS) is 11.9. The number of carbonyl (C=O) groups excluding carboxylic acids is 1. The Morgan fingerprint density at radius 1 is 1.00 bits per heavy atom. The highest BCUT2D eigenvalue weighted by molar-refractivity contribution is 8.13. The van der Waals surface area contributed by atoms with Crippen molar-refractivity contribution in [3.63, 3.8) is 0 Å². The summed E-state index contributed by atoms with van der Waals surface area (Å²) in [5.74, 6) is 0. The zero-order chi connectivity index (χ0) is 19.5. The minimum atomic E-state index is -4.53. The summed E-state index contributed by atoms with van der Waals surface area (Å²) in [6.45, 7) is 0. The Hall–Kier alpha value is -2.20. The number of hydrogen-bond donors (Lipinski definition) is 1. The Morgan fingerprint density at radius 2 is 1.54 bits per heavy atom. The minimum absolute atomic E-state index is 0.178. The van der Waals surface area contributed by atoms with Gasteiger partial charge in [0.25, 0.3) is 15.3 Å². The SMILES string of the molecule is CN(C)C(=O)Sc1ccc(NS(=O)(=O)c2ccc(C(F)(F)F)cc2)cc1. The number of nitrogens with zero attached hydrogens (tertiary/aromatic N) is 1. The fourth-order valence-electron chi connectivity index (χ4n) is 1.82. The molecule has 2 rings (SSSR count). The number of nitrogens with one attached hydrogen (secondary N) is 1. The monoisotopic (exact) mass is 404 g/mol. The van der Waals surface area contributed by atoms with E-state index in [1.54, 1.807) is 26.2 Å². The number of benzene rings is 2. The van der Waals surface area contributed by atoms with Crippen LogP contribution in [0.15, 0.2) is 58.3 Å². The maximum absolute atomic E-state index is 12.5. The van der Waals surface area contributed by atoms with Gasteiger partial charge in [-0.05, 0) is 60.3 Å². The molecule has 5 nitrogen and oxygen atoms in total. The van der Waals surface area contributed by atoms with Gasteiger partial charge in [-0.2, -0.15) is 13.2 Å².